The minimum atomic E-state index is -3.36. The van der Waals surface area contributed by atoms with Crippen LogP contribution in [-0.4, -0.2) is 32.0 Å². The molecule has 0 aromatic heterocycles. The van der Waals surface area contributed by atoms with Crippen LogP contribution in [0, 0.1) is 0 Å². The van der Waals surface area contributed by atoms with Gasteiger partial charge in [-0.2, -0.15) is 0 Å². The molecule has 0 radical (unpaired) electrons. The summed E-state index contributed by atoms with van der Waals surface area (Å²) in [6.45, 7) is 0.194. The predicted molar refractivity (Wildman–Crippen MR) is 108 cm³/mol. The molecule has 3 rings (SSSR count). The van der Waals surface area contributed by atoms with Gasteiger partial charge in [0.2, 0.25) is 5.91 Å². The summed E-state index contributed by atoms with van der Waals surface area (Å²) in [4.78, 5) is 24.3. The van der Waals surface area contributed by atoms with Crippen LogP contribution in [0.1, 0.15) is 42.5 Å². The highest BCUT2D eigenvalue weighted by atomic mass is 32.2. The first-order chi connectivity index (χ1) is 13.5. The standard InChI is InChI=1S/C21H24N2O4S/c24-20(13-14-22-21(25)16-7-2-1-3-8-16)23-17-9-6-12-19(15-17)28(26,27)18-10-4-5-11-18/h1-3,6-9,12,15,18H,4-5,10-11,13-14H2,(H,22,25)(H,23,24). The first kappa shape index (κ1) is 20.1. The lowest BCUT2D eigenvalue weighted by Gasteiger charge is -2.13. The van der Waals surface area contributed by atoms with Gasteiger partial charge >= 0.3 is 0 Å². The van der Waals surface area contributed by atoms with Crippen LogP contribution in [0.15, 0.2) is 59.5 Å². The molecular formula is C21H24N2O4S. The van der Waals surface area contributed by atoms with Gasteiger partial charge in [-0.25, -0.2) is 8.42 Å². The molecule has 1 aliphatic rings. The van der Waals surface area contributed by atoms with Gasteiger partial charge in [-0.05, 0) is 43.2 Å². The molecule has 2 N–H and O–H groups in total. The van der Waals surface area contributed by atoms with Gasteiger partial charge in [-0.3, -0.25) is 9.59 Å². The molecule has 0 atom stereocenters. The molecule has 0 bridgehead atoms. The van der Waals surface area contributed by atoms with Crippen molar-refractivity contribution in [2.24, 2.45) is 0 Å². The SMILES string of the molecule is O=C(CCNC(=O)c1ccccc1)Nc1cccc(S(=O)(=O)C2CCCC2)c1. The average molecular weight is 401 g/mol. The second-order valence-corrected chi connectivity index (χ2v) is 9.13. The molecular weight excluding hydrogens is 376 g/mol. The number of hydrogen-bond donors (Lipinski definition) is 2. The minimum absolute atomic E-state index is 0.0954. The molecule has 148 valence electrons. The van der Waals surface area contributed by atoms with E-state index >= 15 is 0 Å². The van der Waals surface area contributed by atoms with Crippen LogP contribution in [0.2, 0.25) is 0 Å². The fraction of sp³-hybridized carbons (Fsp3) is 0.333. The van der Waals surface area contributed by atoms with Crippen molar-refractivity contribution in [3.8, 4) is 0 Å². The predicted octanol–water partition coefficient (Wildman–Crippen LogP) is 3.16. The van der Waals surface area contributed by atoms with Crippen LogP contribution < -0.4 is 10.6 Å². The fourth-order valence-electron chi connectivity index (χ4n) is 3.35. The van der Waals surface area contributed by atoms with E-state index in [1.165, 1.54) is 6.07 Å². The van der Waals surface area contributed by atoms with Crippen LogP contribution in [-0.2, 0) is 14.6 Å². The number of carbonyl (C=O) groups excluding carboxylic acids is 2. The first-order valence-electron chi connectivity index (χ1n) is 9.44. The number of rotatable bonds is 7. The molecule has 28 heavy (non-hydrogen) atoms. The van der Waals surface area contributed by atoms with Gasteiger partial charge in [0.15, 0.2) is 9.84 Å². The van der Waals surface area contributed by atoms with E-state index in [2.05, 4.69) is 10.6 Å². The molecule has 1 fully saturated rings. The van der Waals surface area contributed by atoms with Gasteiger partial charge in [0, 0.05) is 24.2 Å². The van der Waals surface area contributed by atoms with Crippen molar-refractivity contribution < 1.29 is 18.0 Å². The van der Waals surface area contributed by atoms with Crippen LogP contribution in [0.4, 0.5) is 5.69 Å². The quantitative estimate of drug-likeness (QED) is 0.747. The lowest BCUT2D eigenvalue weighted by Crippen LogP contribution is -2.27. The molecule has 0 spiro atoms. The Morgan fingerprint density at radius 2 is 1.68 bits per heavy atom. The molecule has 0 unspecified atom stereocenters. The van der Waals surface area contributed by atoms with Crippen molar-refractivity contribution in [2.45, 2.75) is 42.2 Å². The third kappa shape index (κ3) is 4.98. The summed E-state index contributed by atoms with van der Waals surface area (Å²) >= 11 is 0. The Labute approximate surface area is 165 Å². The maximum absolute atomic E-state index is 12.7. The summed E-state index contributed by atoms with van der Waals surface area (Å²) in [5.41, 5.74) is 0.978. The lowest BCUT2D eigenvalue weighted by atomic mass is 10.2. The fourth-order valence-corrected chi connectivity index (χ4v) is 5.24. The molecule has 0 aliphatic heterocycles. The Morgan fingerprint density at radius 1 is 0.964 bits per heavy atom. The highest BCUT2D eigenvalue weighted by Crippen LogP contribution is 2.30. The number of amides is 2. The van der Waals surface area contributed by atoms with Crippen LogP contribution in [0.25, 0.3) is 0 Å². The maximum Gasteiger partial charge on any atom is 0.251 e. The van der Waals surface area contributed by atoms with E-state index in [4.69, 9.17) is 0 Å². The van der Waals surface area contributed by atoms with Crippen molar-refractivity contribution in [3.63, 3.8) is 0 Å². The van der Waals surface area contributed by atoms with Gasteiger partial charge in [0.25, 0.3) is 5.91 Å². The number of sulfone groups is 1. The third-order valence-electron chi connectivity index (χ3n) is 4.86. The van der Waals surface area contributed by atoms with E-state index < -0.39 is 9.84 Å². The summed E-state index contributed by atoms with van der Waals surface area (Å²) < 4.78 is 25.4. The number of anilines is 1. The highest BCUT2D eigenvalue weighted by molar-refractivity contribution is 7.92. The van der Waals surface area contributed by atoms with Crippen molar-refractivity contribution in [1.82, 2.24) is 5.32 Å². The van der Waals surface area contributed by atoms with Gasteiger partial charge < -0.3 is 10.6 Å². The lowest BCUT2D eigenvalue weighted by molar-refractivity contribution is -0.116. The van der Waals surface area contributed by atoms with Crippen molar-refractivity contribution in [2.75, 3.05) is 11.9 Å². The van der Waals surface area contributed by atoms with Crippen molar-refractivity contribution >= 4 is 27.3 Å². The Hall–Kier alpha value is -2.67. The Bertz CT molecular complexity index is 936. The zero-order valence-electron chi connectivity index (χ0n) is 15.6. The van der Waals surface area contributed by atoms with E-state index in [9.17, 15) is 18.0 Å². The van der Waals surface area contributed by atoms with Gasteiger partial charge in [-0.15, -0.1) is 0 Å². The molecule has 6 nitrogen and oxygen atoms in total. The van der Waals surface area contributed by atoms with Crippen LogP contribution >= 0.6 is 0 Å². The number of carbonyl (C=O) groups is 2. The van der Waals surface area contributed by atoms with Crippen LogP contribution in [0.3, 0.4) is 0 Å². The van der Waals surface area contributed by atoms with Gasteiger partial charge in [0.1, 0.15) is 0 Å². The molecule has 1 aliphatic carbocycles. The molecule has 1 saturated carbocycles. The molecule has 0 saturated heterocycles. The smallest absolute Gasteiger partial charge is 0.251 e. The molecule has 2 amide bonds. The Balaban J connectivity index is 1.54. The number of hydrogen-bond acceptors (Lipinski definition) is 4. The van der Waals surface area contributed by atoms with E-state index in [1.807, 2.05) is 6.07 Å². The summed E-state index contributed by atoms with van der Waals surface area (Å²) in [6.07, 6.45) is 3.36. The zero-order chi connectivity index (χ0) is 20.0. The van der Waals surface area contributed by atoms with Crippen molar-refractivity contribution in [1.29, 1.82) is 0 Å². The normalized spacial score (nSPS) is 14.6. The third-order valence-corrected chi connectivity index (χ3v) is 7.12. The molecule has 0 heterocycles. The average Bonchev–Trinajstić information content (AvgIpc) is 3.24. The van der Waals surface area contributed by atoms with Gasteiger partial charge in [-0.1, -0.05) is 37.1 Å². The highest BCUT2D eigenvalue weighted by Gasteiger charge is 2.30. The summed E-state index contributed by atoms with van der Waals surface area (Å²) in [5.74, 6) is -0.526. The minimum Gasteiger partial charge on any atom is -0.352 e. The second-order valence-electron chi connectivity index (χ2n) is 6.90. The Kier molecular flexibility index (Phi) is 6.46. The largest absolute Gasteiger partial charge is 0.352 e. The van der Waals surface area contributed by atoms with E-state index in [1.54, 1.807) is 42.5 Å². The van der Waals surface area contributed by atoms with Crippen LogP contribution in [0.5, 0.6) is 0 Å². The maximum atomic E-state index is 12.7. The van der Waals surface area contributed by atoms with E-state index in [0.29, 0.717) is 24.1 Å². The number of benzene rings is 2. The summed E-state index contributed by atoms with van der Waals surface area (Å²) in [5, 5.41) is 5.07. The number of nitrogens with one attached hydrogen (secondary N) is 2. The molecule has 2 aromatic rings. The van der Waals surface area contributed by atoms with Crippen molar-refractivity contribution in [3.05, 3.63) is 60.2 Å². The molecule has 2 aromatic carbocycles. The first-order valence-corrected chi connectivity index (χ1v) is 11.0. The molecule has 7 heteroatoms. The van der Waals surface area contributed by atoms with Gasteiger partial charge in [0.05, 0.1) is 10.1 Å². The summed E-state index contributed by atoms with van der Waals surface area (Å²) in [6, 6.07) is 15.1. The Morgan fingerprint density at radius 3 is 2.39 bits per heavy atom. The van der Waals surface area contributed by atoms with E-state index in [0.717, 1.165) is 12.8 Å². The summed E-state index contributed by atoms with van der Waals surface area (Å²) in [7, 11) is -3.36. The topological polar surface area (TPSA) is 92.3 Å². The zero-order valence-corrected chi connectivity index (χ0v) is 16.4. The monoisotopic (exact) mass is 400 g/mol. The second kappa shape index (κ2) is 9.01. The van der Waals surface area contributed by atoms with E-state index in [-0.39, 0.29) is 34.9 Å².